The molecule has 1 atom stereocenters. The Labute approximate surface area is 141 Å². The van der Waals surface area contributed by atoms with Crippen LogP contribution in [0.25, 0.3) is 0 Å². The standard InChI is InChI=1S/C16H21Cl2N3O/c1-2-20-7-9-21(10-8-20)16(22)19-14-6-4-12-11(14)3-5-13(17)15(12)18/h3,5,14H,2,4,6-10H2,1H3,(H,19,22). The maximum Gasteiger partial charge on any atom is 0.317 e. The van der Waals surface area contributed by atoms with Crippen molar-refractivity contribution < 1.29 is 4.79 Å². The van der Waals surface area contributed by atoms with Gasteiger partial charge >= 0.3 is 6.03 Å². The molecule has 1 heterocycles. The molecular formula is C16H21Cl2N3O. The molecule has 1 aromatic rings. The molecule has 1 fully saturated rings. The number of likely N-dealkylation sites (N-methyl/N-ethyl adjacent to an activating group) is 1. The largest absolute Gasteiger partial charge is 0.331 e. The van der Waals surface area contributed by atoms with E-state index in [-0.39, 0.29) is 12.1 Å². The summed E-state index contributed by atoms with van der Waals surface area (Å²) in [7, 11) is 0. The molecule has 0 saturated carbocycles. The Bertz CT molecular complexity index is 571. The van der Waals surface area contributed by atoms with E-state index in [2.05, 4.69) is 17.1 Å². The number of halogens is 2. The fourth-order valence-electron chi connectivity index (χ4n) is 3.29. The summed E-state index contributed by atoms with van der Waals surface area (Å²) in [6.45, 7) is 6.69. The van der Waals surface area contributed by atoms with Crippen LogP contribution in [0.3, 0.4) is 0 Å². The summed E-state index contributed by atoms with van der Waals surface area (Å²) in [6.07, 6.45) is 1.75. The summed E-state index contributed by atoms with van der Waals surface area (Å²) < 4.78 is 0. The van der Waals surface area contributed by atoms with Crippen LogP contribution in [0.15, 0.2) is 12.1 Å². The average Bonchev–Trinajstić information content (AvgIpc) is 2.94. The van der Waals surface area contributed by atoms with Gasteiger partial charge in [-0.2, -0.15) is 0 Å². The van der Waals surface area contributed by atoms with E-state index in [0.717, 1.165) is 56.7 Å². The maximum absolute atomic E-state index is 12.4. The van der Waals surface area contributed by atoms with Crippen LogP contribution in [0.1, 0.15) is 30.5 Å². The molecule has 1 aromatic carbocycles. The van der Waals surface area contributed by atoms with E-state index in [1.807, 2.05) is 17.0 Å². The molecule has 0 spiro atoms. The highest BCUT2D eigenvalue weighted by molar-refractivity contribution is 6.42. The molecule has 1 unspecified atom stereocenters. The second-order valence-electron chi connectivity index (χ2n) is 5.89. The lowest BCUT2D eigenvalue weighted by Gasteiger charge is -2.34. The molecule has 1 aliphatic heterocycles. The predicted molar refractivity (Wildman–Crippen MR) is 89.7 cm³/mol. The van der Waals surface area contributed by atoms with E-state index in [4.69, 9.17) is 23.2 Å². The smallest absolute Gasteiger partial charge is 0.317 e. The van der Waals surface area contributed by atoms with E-state index in [0.29, 0.717) is 10.0 Å². The summed E-state index contributed by atoms with van der Waals surface area (Å²) in [5.41, 5.74) is 2.19. The number of amides is 2. The van der Waals surface area contributed by atoms with Crippen molar-refractivity contribution in [3.8, 4) is 0 Å². The Morgan fingerprint density at radius 1 is 1.27 bits per heavy atom. The fraction of sp³-hybridized carbons (Fsp3) is 0.562. The van der Waals surface area contributed by atoms with Crippen molar-refractivity contribution in [3.63, 3.8) is 0 Å². The van der Waals surface area contributed by atoms with Crippen molar-refractivity contribution in [3.05, 3.63) is 33.3 Å². The Hall–Kier alpha value is -0.970. The Balaban J connectivity index is 1.64. The summed E-state index contributed by atoms with van der Waals surface area (Å²) in [5, 5.41) is 4.37. The van der Waals surface area contributed by atoms with Crippen molar-refractivity contribution >= 4 is 29.2 Å². The molecule has 1 saturated heterocycles. The fourth-order valence-corrected chi connectivity index (χ4v) is 3.73. The molecule has 0 bridgehead atoms. The van der Waals surface area contributed by atoms with E-state index in [1.54, 1.807) is 0 Å². The number of piperazine rings is 1. The van der Waals surface area contributed by atoms with Crippen LogP contribution in [0, 0.1) is 0 Å². The van der Waals surface area contributed by atoms with Crippen molar-refractivity contribution in [1.82, 2.24) is 15.1 Å². The van der Waals surface area contributed by atoms with Crippen LogP contribution in [0.4, 0.5) is 4.79 Å². The molecule has 1 aliphatic carbocycles. The van der Waals surface area contributed by atoms with Crippen LogP contribution in [0.5, 0.6) is 0 Å². The molecule has 1 N–H and O–H groups in total. The van der Waals surface area contributed by atoms with Gasteiger partial charge in [0.1, 0.15) is 0 Å². The second kappa shape index (κ2) is 6.65. The minimum atomic E-state index is 0.0275. The second-order valence-corrected chi connectivity index (χ2v) is 6.68. The predicted octanol–water partition coefficient (Wildman–Crippen LogP) is 3.33. The number of carbonyl (C=O) groups is 1. The normalized spacial score (nSPS) is 21.8. The average molecular weight is 342 g/mol. The summed E-state index contributed by atoms with van der Waals surface area (Å²) in [4.78, 5) is 16.7. The minimum Gasteiger partial charge on any atom is -0.331 e. The number of nitrogens with one attached hydrogen (secondary N) is 1. The van der Waals surface area contributed by atoms with Gasteiger partial charge in [0.2, 0.25) is 0 Å². The van der Waals surface area contributed by atoms with Gasteiger partial charge in [-0.3, -0.25) is 0 Å². The first kappa shape index (κ1) is 15.9. The van der Waals surface area contributed by atoms with E-state index in [9.17, 15) is 4.79 Å². The lowest BCUT2D eigenvalue weighted by atomic mass is 10.1. The van der Waals surface area contributed by atoms with Crippen LogP contribution < -0.4 is 5.32 Å². The zero-order valence-corrected chi connectivity index (χ0v) is 14.3. The molecule has 0 aromatic heterocycles. The van der Waals surface area contributed by atoms with Crippen molar-refractivity contribution in [2.24, 2.45) is 0 Å². The number of nitrogens with zero attached hydrogens (tertiary/aromatic N) is 2. The summed E-state index contributed by atoms with van der Waals surface area (Å²) in [6, 6.07) is 3.87. The highest BCUT2D eigenvalue weighted by atomic mass is 35.5. The molecule has 4 nitrogen and oxygen atoms in total. The molecule has 2 aliphatic rings. The van der Waals surface area contributed by atoms with Gasteiger partial charge in [-0.05, 0) is 36.6 Å². The SMILES string of the molecule is CCN1CCN(C(=O)NC2CCc3c2ccc(Cl)c3Cl)CC1. The van der Waals surface area contributed by atoms with Crippen LogP contribution in [-0.2, 0) is 6.42 Å². The zero-order chi connectivity index (χ0) is 15.7. The molecule has 22 heavy (non-hydrogen) atoms. The molecule has 120 valence electrons. The number of benzene rings is 1. The third kappa shape index (κ3) is 3.05. The number of urea groups is 1. The minimum absolute atomic E-state index is 0.0275. The third-order valence-corrected chi connectivity index (χ3v) is 5.54. The highest BCUT2D eigenvalue weighted by Gasteiger charge is 2.29. The lowest BCUT2D eigenvalue weighted by Crippen LogP contribution is -2.52. The van der Waals surface area contributed by atoms with Crippen molar-refractivity contribution in [2.75, 3.05) is 32.7 Å². The monoisotopic (exact) mass is 341 g/mol. The van der Waals surface area contributed by atoms with Gasteiger partial charge in [0.05, 0.1) is 16.1 Å². The van der Waals surface area contributed by atoms with Crippen molar-refractivity contribution in [1.29, 1.82) is 0 Å². The first-order valence-electron chi connectivity index (χ1n) is 7.84. The van der Waals surface area contributed by atoms with Gasteiger partial charge in [-0.15, -0.1) is 0 Å². The summed E-state index contributed by atoms with van der Waals surface area (Å²) in [5.74, 6) is 0. The van der Waals surface area contributed by atoms with E-state index >= 15 is 0 Å². The lowest BCUT2D eigenvalue weighted by molar-refractivity contribution is 0.140. The first-order valence-corrected chi connectivity index (χ1v) is 8.60. The van der Waals surface area contributed by atoms with Crippen LogP contribution in [-0.4, -0.2) is 48.6 Å². The van der Waals surface area contributed by atoms with Gasteiger partial charge in [0, 0.05) is 26.2 Å². The molecule has 0 radical (unpaired) electrons. The van der Waals surface area contributed by atoms with Gasteiger partial charge in [-0.1, -0.05) is 36.2 Å². The Morgan fingerprint density at radius 2 is 2.00 bits per heavy atom. The third-order valence-electron chi connectivity index (χ3n) is 4.70. The number of fused-ring (bicyclic) bond motifs is 1. The number of hydrogen-bond donors (Lipinski definition) is 1. The summed E-state index contributed by atoms with van der Waals surface area (Å²) >= 11 is 12.3. The first-order chi connectivity index (χ1) is 10.6. The van der Waals surface area contributed by atoms with Gasteiger partial charge < -0.3 is 15.1 Å². The topological polar surface area (TPSA) is 35.6 Å². The quantitative estimate of drug-likeness (QED) is 0.895. The van der Waals surface area contributed by atoms with Gasteiger partial charge in [0.25, 0.3) is 0 Å². The van der Waals surface area contributed by atoms with Crippen LogP contribution >= 0.6 is 23.2 Å². The van der Waals surface area contributed by atoms with Gasteiger partial charge in [-0.25, -0.2) is 4.79 Å². The van der Waals surface area contributed by atoms with Crippen LogP contribution in [0.2, 0.25) is 10.0 Å². The number of carbonyl (C=O) groups excluding carboxylic acids is 1. The molecule has 6 heteroatoms. The molecule has 2 amide bonds. The van der Waals surface area contributed by atoms with E-state index < -0.39 is 0 Å². The van der Waals surface area contributed by atoms with Crippen molar-refractivity contribution in [2.45, 2.75) is 25.8 Å². The Kier molecular flexibility index (Phi) is 4.81. The highest BCUT2D eigenvalue weighted by Crippen LogP contribution is 2.39. The zero-order valence-electron chi connectivity index (χ0n) is 12.7. The van der Waals surface area contributed by atoms with Gasteiger partial charge in [0.15, 0.2) is 0 Å². The molecule has 3 rings (SSSR count). The van der Waals surface area contributed by atoms with E-state index in [1.165, 1.54) is 0 Å². The maximum atomic E-state index is 12.4. The molecular weight excluding hydrogens is 321 g/mol. The number of rotatable bonds is 2. The number of hydrogen-bond acceptors (Lipinski definition) is 2. The Morgan fingerprint density at radius 3 is 2.68 bits per heavy atom.